The van der Waals surface area contributed by atoms with Gasteiger partial charge in [-0.1, -0.05) is 22.5 Å². The molecular formula is C19H18B4ClN5O. The normalized spacial score (nSPS) is 11.0. The predicted molar refractivity (Wildman–Crippen MR) is 134 cm³/mol. The first-order chi connectivity index (χ1) is 14.3. The number of nitrogens with one attached hydrogen (secondary N) is 1. The van der Waals surface area contributed by atoms with Crippen LogP contribution in [0.3, 0.4) is 0 Å². The third kappa shape index (κ3) is 3.41. The second kappa shape index (κ2) is 7.69. The third-order valence-corrected chi connectivity index (χ3v) is 6.23. The van der Waals surface area contributed by atoms with Gasteiger partial charge in [0.05, 0.1) is 35.5 Å². The molecule has 144 valence electrons. The van der Waals surface area contributed by atoms with Crippen molar-refractivity contribution in [2.24, 2.45) is 7.05 Å². The van der Waals surface area contributed by atoms with Crippen LogP contribution in [0.15, 0.2) is 37.1 Å². The molecule has 0 radical (unpaired) electrons. The summed E-state index contributed by atoms with van der Waals surface area (Å²) in [5.74, 6) is 0.175. The maximum atomic E-state index is 13.0. The van der Waals surface area contributed by atoms with Crippen LogP contribution < -0.4 is 27.2 Å². The summed E-state index contributed by atoms with van der Waals surface area (Å²) in [7, 11) is 9.80. The van der Waals surface area contributed by atoms with E-state index in [0.717, 1.165) is 44.0 Å². The molecular weight excluding hydrogens is 393 g/mol. The van der Waals surface area contributed by atoms with E-state index in [4.69, 9.17) is 11.6 Å². The van der Waals surface area contributed by atoms with Crippen molar-refractivity contribution in [2.45, 2.75) is 0 Å². The monoisotopic (exact) mass is 411 g/mol. The Kier molecular flexibility index (Phi) is 5.20. The van der Waals surface area contributed by atoms with Crippen molar-refractivity contribution in [1.29, 1.82) is 0 Å². The van der Waals surface area contributed by atoms with Gasteiger partial charge in [-0.25, -0.2) is 9.97 Å². The number of carbonyl (C=O) groups excluding carboxylic acids is 1. The van der Waals surface area contributed by atoms with E-state index >= 15 is 0 Å². The highest BCUT2D eigenvalue weighted by Crippen LogP contribution is 2.23. The van der Waals surface area contributed by atoms with Gasteiger partial charge in [0.15, 0.2) is 0 Å². The second-order valence-electron chi connectivity index (χ2n) is 7.52. The van der Waals surface area contributed by atoms with Crippen LogP contribution in [0.2, 0.25) is 5.02 Å². The van der Waals surface area contributed by atoms with Crippen LogP contribution in [0.1, 0.15) is 10.4 Å². The lowest BCUT2D eigenvalue weighted by molar-refractivity contribution is 0.102. The number of imidazole rings is 1. The summed E-state index contributed by atoms with van der Waals surface area (Å²) in [5.41, 5.74) is 7.10. The molecule has 3 aromatic heterocycles. The van der Waals surface area contributed by atoms with Gasteiger partial charge in [-0.3, -0.25) is 9.78 Å². The average molecular weight is 411 g/mol. The highest BCUT2D eigenvalue weighted by molar-refractivity contribution is 6.66. The fraction of sp³-hybridized carbons (Fsp3) is 0.0526. The minimum absolute atomic E-state index is 0.272. The minimum Gasteiger partial charge on any atom is -0.334 e. The largest absolute Gasteiger partial charge is 0.334 e. The molecule has 11 heteroatoms. The highest BCUT2D eigenvalue weighted by Gasteiger charge is 2.19. The number of anilines is 1. The first-order valence-electron chi connectivity index (χ1n) is 9.57. The van der Waals surface area contributed by atoms with Crippen molar-refractivity contribution in [1.82, 2.24) is 19.5 Å². The van der Waals surface area contributed by atoms with E-state index in [9.17, 15) is 4.79 Å². The van der Waals surface area contributed by atoms with Crippen molar-refractivity contribution >= 4 is 87.5 Å². The fourth-order valence-electron chi connectivity index (χ4n) is 3.59. The van der Waals surface area contributed by atoms with Gasteiger partial charge >= 0.3 is 0 Å². The van der Waals surface area contributed by atoms with Crippen molar-refractivity contribution in [3.8, 4) is 11.3 Å². The molecule has 4 aromatic rings. The molecule has 0 unspecified atom stereocenters. The van der Waals surface area contributed by atoms with Gasteiger partial charge in [0.1, 0.15) is 37.2 Å². The van der Waals surface area contributed by atoms with Gasteiger partial charge in [-0.2, -0.15) is 0 Å². The molecule has 4 rings (SSSR count). The molecule has 0 saturated carbocycles. The van der Waals surface area contributed by atoms with Gasteiger partial charge in [-0.05, 0) is 12.1 Å². The number of carbonyl (C=O) groups is 1. The predicted octanol–water partition coefficient (Wildman–Crippen LogP) is -3.03. The first-order valence-corrected chi connectivity index (χ1v) is 9.95. The van der Waals surface area contributed by atoms with Crippen molar-refractivity contribution in [2.75, 3.05) is 5.32 Å². The summed E-state index contributed by atoms with van der Waals surface area (Å²) in [4.78, 5) is 26.0. The Morgan fingerprint density at radius 1 is 1.00 bits per heavy atom. The average Bonchev–Trinajstić information content (AvgIpc) is 3.16. The van der Waals surface area contributed by atoms with Crippen LogP contribution in [-0.4, -0.2) is 56.8 Å². The third-order valence-electron chi connectivity index (χ3n) is 5.76. The molecule has 0 fully saturated rings. The van der Waals surface area contributed by atoms with Crippen LogP contribution in [-0.2, 0) is 7.05 Å². The number of halogens is 1. The van der Waals surface area contributed by atoms with E-state index in [1.807, 2.05) is 55.1 Å². The summed E-state index contributed by atoms with van der Waals surface area (Å²) in [6.07, 6.45) is 6.98. The number of amides is 1. The molecule has 0 spiro atoms. The summed E-state index contributed by atoms with van der Waals surface area (Å²) in [6, 6.07) is 3.83. The number of hydrogen-bond acceptors (Lipinski definition) is 4. The van der Waals surface area contributed by atoms with E-state index in [2.05, 4.69) is 20.3 Å². The summed E-state index contributed by atoms with van der Waals surface area (Å²) in [6.45, 7) is 0. The fourth-order valence-corrected chi connectivity index (χ4v) is 3.96. The smallest absolute Gasteiger partial charge is 0.257 e. The van der Waals surface area contributed by atoms with Crippen LogP contribution in [0.5, 0.6) is 0 Å². The molecule has 1 N–H and O–H groups in total. The Balaban J connectivity index is 1.71. The molecule has 1 amide bonds. The van der Waals surface area contributed by atoms with E-state index in [1.165, 1.54) is 0 Å². The molecule has 0 saturated heterocycles. The van der Waals surface area contributed by atoms with Crippen LogP contribution in [0.25, 0.3) is 22.2 Å². The Morgan fingerprint density at radius 3 is 2.43 bits per heavy atom. The quantitative estimate of drug-likeness (QED) is 0.365. The molecule has 6 nitrogen and oxygen atoms in total. The lowest BCUT2D eigenvalue weighted by Gasteiger charge is -2.17. The Bertz CT molecular complexity index is 1300. The van der Waals surface area contributed by atoms with Crippen molar-refractivity contribution in [3.05, 3.63) is 47.6 Å². The minimum atomic E-state index is -0.272. The molecule has 1 aromatic carbocycles. The summed E-state index contributed by atoms with van der Waals surface area (Å²) >= 11 is 6.53. The van der Waals surface area contributed by atoms with Crippen molar-refractivity contribution in [3.63, 3.8) is 0 Å². The zero-order valence-corrected chi connectivity index (χ0v) is 18.3. The molecule has 0 aliphatic carbocycles. The van der Waals surface area contributed by atoms with Crippen LogP contribution >= 0.6 is 11.6 Å². The number of aromatic nitrogens is 4. The number of rotatable bonds is 3. The molecule has 0 bridgehead atoms. The van der Waals surface area contributed by atoms with Gasteiger partial charge in [0, 0.05) is 29.2 Å². The SMILES string of the molecule is Bc1c(B)c(B)c(C(=O)Nc2cc3cc(-c4cncn4C)cnc3cn2)c(Cl)c1B. The number of benzene rings is 1. The molecule has 0 aliphatic heterocycles. The van der Waals surface area contributed by atoms with E-state index in [0.29, 0.717) is 16.4 Å². The second-order valence-corrected chi connectivity index (χ2v) is 7.90. The van der Waals surface area contributed by atoms with Gasteiger partial charge in [0.25, 0.3) is 5.91 Å². The number of nitrogens with zero attached hydrogens (tertiary/aromatic N) is 4. The van der Waals surface area contributed by atoms with E-state index < -0.39 is 0 Å². The standard InChI is InChI=1S/C19H18B4ClN5O/c1-29-7-25-6-11(29)9-2-8-3-12(27-5-10(8)26-4-9)28-19(30)13-14(20)15(21)16(22)17(23)18(13)24/h2-7H,20-23H2,1H3,(H,27,28,30). The first kappa shape index (κ1) is 20.3. The molecule has 3 heterocycles. The number of hydrogen-bond donors (Lipinski definition) is 1. The number of pyridine rings is 2. The van der Waals surface area contributed by atoms with Gasteiger partial charge in [0.2, 0.25) is 0 Å². The number of fused-ring (bicyclic) bond motifs is 1. The molecule has 0 atom stereocenters. The van der Waals surface area contributed by atoms with Crippen molar-refractivity contribution < 1.29 is 4.79 Å². The summed E-state index contributed by atoms with van der Waals surface area (Å²) < 4.78 is 1.93. The lowest BCUT2D eigenvalue weighted by atomic mass is 9.65. The Hall–Kier alpha value is -2.99. The Labute approximate surface area is 183 Å². The molecule has 30 heavy (non-hydrogen) atoms. The maximum absolute atomic E-state index is 13.0. The lowest BCUT2D eigenvalue weighted by Crippen LogP contribution is -2.50. The topological polar surface area (TPSA) is 72.7 Å². The van der Waals surface area contributed by atoms with E-state index in [-0.39, 0.29) is 5.91 Å². The zero-order chi connectivity index (χ0) is 21.6. The van der Waals surface area contributed by atoms with E-state index in [1.54, 1.807) is 24.9 Å². The summed E-state index contributed by atoms with van der Waals surface area (Å²) in [5, 5.41) is 4.25. The maximum Gasteiger partial charge on any atom is 0.257 e. The molecule has 0 aliphatic rings. The van der Waals surface area contributed by atoms with Gasteiger partial charge in [-0.15, -0.1) is 10.9 Å². The van der Waals surface area contributed by atoms with Gasteiger partial charge < -0.3 is 9.88 Å². The highest BCUT2D eigenvalue weighted by atomic mass is 35.5. The van der Waals surface area contributed by atoms with Crippen LogP contribution in [0, 0.1) is 0 Å². The number of aryl methyl sites for hydroxylation is 1. The Morgan fingerprint density at radius 2 is 1.73 bits per heavy atom. The zero-order valence-electron chi connectivity index (χ0n) is 17.5. The van der Waals surface area contributed by atoms with Crippen LogP contribution in [0.4, 0.5) is 5.82 Å².